The van der Waals surface area contributed by atoms with Gasteiger partial charge in [-0.25, -0.2) is 18.9 Å². The highest BCUT2D eigenvalue weighted by Crippen LogP contribution is 2.30. The molecule has 1 aromatic carbocycles. The number of hydrogen-bond donors (Lipinski definition) is 1. The van der Waals surface area contributed by atoms with Crippen LogP contribution in [0.1, 0.15) is 15.4 Å². The minimum atomic E-state index is -0.625. The molecule has 7 nitrogen and oxygen atoms in total. The number of ether oxygens (including phenoxy) is 1. The molecule has 1 N–H and O–H groups in total. The average molecular weight is 445 g/mol. The van der Waals surface area contributed by atoms with Crippen LogP contribution in [0.3, 0.4) is 0 Å². The van der Waals surface area contributed by atoms with Crippen LogP contribution in [0.5, 0.6) is 0 Å². The number of hydrogen-bond acceptors (Lipinski definition) is 6. The van der Waals surface area contributed by atoms with Crippen molar-refractivity contribution in [3.63, 3.8) is 0 Å². The number of rotatable bonds is 5. The lowest BCUT2D eigenvalue weighted by molar-refractivity contribution is -0.119. The van der Waals surface area contributed by atoms with Crippen molar-refractivity contribution in [2.45, 2.75) is 6.92 Å². The maximum absolute atomic E-state index is 13.2. The number of benzene rings is 1. The van der Waals surface area contributed by atoms with Crippen molar-refractivity contribution in [3.8, 4) is 5.69 Å². The number of anilines is 1. The Hall–Kier alpha value is -3.30. The number of aromatic nitrogens is 3. The molecule has 30 heavy (non-hydrogen) atoms. The minimum Gasteiger partial charge on any atom is -0.451 e. The highest BCUT2D eigenvalue weighted by atomic mass is 35.5. The van der Waals surface area contributed by atoms with E-state index in [4.69, 9.17) is 16.3 Å². The molecule has 0 aliphatic heterocycles. The summed E-state index contributed by atoms with van der Waals surface area (Å²) in [6, 6.07) is 10.7. The molecule has 4 rings (SSSR count). The first kappa shape index (κ1) is 20.0. The lowest BCUT2D eigenvalue weighted by Gasteiger charge is -2.05. The van der Waals surface area contributed by atoms with Crippen LogP contribution in [0.4, 0.5) is 10.2 Å². The fourth-order valence-electron chi connectivity index (χ4n) is 2.74. The van der Waals surface area contributed by atoms with Crippen molar-refractivity contribution in [2.75, 3.05) is 11.9 Å². The summed E-state index contributed by atoms with van der Waals surface area (Å²) in [4.78, 5) is 29.4. The third-order valence-electron chi connectivity index (χ3n) is 4.15. The van der Waals surface area contributed by atoms with Gasteiger partial charge in [-0.2, -0.15) is 5.10 Å². The number of fused-ring (bicyclic) bond motifs is 1. The summed E-state index contributed by atoms with van der Waals surface area (Å²) in [5.74, 6) is -1.19. The van der Waals surface area contributed by atoms with E-state index < -0.39 is 18.5 Å². The van der Waals surface area contributed by atoms with E-state index >= 15 is 0 Å². The normalized spacial score (nSPS) is 10.9. The summed E-state index contributed by atoms with van der Waals surface area (Å²) in [5.41, 5.74) is 1.39. The number of halogens is 2. The molecule has 3 aromatic heterocycles. The van der Waals surface area contributed by atoms with Gasteiger partial charge in [0.1, 0.15) is 21.3 Å². The Morgan fingerprint density at radius 2 is 2.00 bits per heavy atom. The molecular formula is C20H14ClFN4O3S. The van der Waals surface area contributed by atoms with Crippen molar-refractivity contribution in [1.29, 1.82) is 0 Å². The first-order valence-corrected chi connectivity index (χ1v) is 9.94. The van der Waals surface area contributed by atoms with E-state index in [0.29, 0.717) is 21.4 Å². The summed E-state index contributed by atoms with van der Waals surface area (Å²) in [6.45, 7) is 1.36. The van der Waals surface area contributed by atoms with Gasteiger partial charge in [0, 0.05) is 11.6 Å². The molecule has 0 saturated heterocycles. The van der Waals surface area contributed by atoms with Gasteiger partial charge in [0.2, 0.25) is 0 Å². The molecule has 0 radical (unpaired) electrons. The van der Waals surface area contributed by atoms with Crippen LogP contribution in [-0.2, 0) is 9.53 Å². The van der Waals surface area contributed by atoms with E-state index in [1.54, 1.807) is 28.9 Å². The standard InChI is InChI=1S/C20H14ClFN4O3S/c1-11-15-8-16(30-19(15)26(25-11)14-5-3-13(22)4-6-14)20(28)29-10-18(27)24-17-7-2-12(21)9-23-17/h2-9H,10H2,1H3,(H,23,24,27). The van der Waals surface area contributed by atoms with Crippen LogP contribution < -0.4 is 5.32 Å². The van der Waals surface area contributed by atoms with Crippen molar-refractivity contribution < 1.29 is 18.7 Å². The molecule has 0 aliphatic rings. The molecule has 3 heterocycles. The molecule has 0 saturated carbocycles. The highest BCUT2D eigenvalue weighted by Gasteiger charge is 2.19. The fourth-order valence-corrected chi connectivity index (χ4v) is 3.92. The molecule has 0 atom stereocenters. The number of pyridine rings is 1. The zero-order valence-electron chi connectivity index (χ0n) is 15.6. The van der Waals surface area contributed by atoms with Crippen LogP contribution in [0.15, 0.2) is 48.7 Å². The van der Waals surface area contributed by atoms with E-state index in [9.17, 15) is 14.0 Å². The van der Waals surface area contributed by atoms with Gasteiger partial charge < -0.3 is 10.1 Å². The molecule has 0 fully saturated rings. The van der Waals surface area contributed by atoms with Crippen molar-refractivity contribution in [3.05, 3.63) is 70.1 Å². The number of nitrogens with one attached hydrogen (secondary N) is 1. The molecule has 152 valence electrons. The zero-order chi connectivity index (χ0) is 21.3. The first-order valence-electron chi connectivity index (χ1n) is 8.74. The summed E-state index contributed by atoms with van der Waals surface area (Å²) in [7, 11) is 0. The monoisotopic (exact) mass is 444 g/mol. The SMILES string of the molecule is Cc1nn(-c2ccc(F)cc2)c2sc(C(=O)OCC(=O)Nc3ccc(Cl)cn3)cc12. The van der Waals surface area contributed by atoms with E-state index in [2.05, 4.69) is 15.4 Å². The molecule has 0 spiro atoms. The second kappa shape index (κ2) is 8.21. The van der Waals surface area contributed by atoms with Gasteiger partial charge in [-0.15, -0.1) is 11.3 Å². The number of aryl methyl sites for hydroxylation is 1. The number of amides is 1. The van der Waals surface area contributed by atoms with E-state index in [1.807, 2.05) is 6.92 Å². The Kier molecular flexibility index (Phi) is 5.47. The van der Waals surface area contributed by atoms with Crippen molar-refractivity contribution in [1.82, 2.24) is 14.8 Å². The molecule has 4 aromatic rings. The summed E-state index contributed by atoms with van der Waals surface area (Å²) in [5, 5.41) is 8.19. The third kappa shape index (κ3) is 4.17. The molecule has 0 unspecified atom stereocenters. The Labute approximate surface area is 179 Å². The largest absolute Gasteiger partial charge is 0.451 e. The maximum atomic E-state index is 13.2. The van der Waals surface area contributed by atoms with Gasteiger partial charge in [0.05, 0.1) is 16.4 Å². The number of carbonyl (C=O) groups is 2. The number of carbonyl (C=O) groups excluding carboxylic acids is 2. The Morgan fingerprint density at radius 3 is 2.70 bits per heavy atom. The van der Waals surface area contributed by atoms with E-state index in [1.165, 1.54) is 35.7 Å². The predicted molar refractivity (Wildman–Crippen MR) is 112 cm³/mol. The van der Waals surface area contributed by atoms with Crippen molar-refractivity contribution in [2.24, 2.45) is 0 Å². The molecule has 0 bridgehead atoms. The zero-order valence-corrected chi connectivity index (χ0v) is 17.1. The van der Waals surface area contributed by atoms with Gasteiger partial charge in [0.15, 0.2) is 6.61 Å². The molecular weight excluding hydrogens is 431 g/mol. The average Bonchev–Trinajstić information content (AvgIpc) is 3.29. The fraction of sp³-hybridized carbons (Fsp3) is 0.100. The molecule has 10 heteroatoms. The summed E-state index contributed by atoms with van der Waals surface area (Å²) < 4.78 is 20.0. The van der Waals surface area contributed by atoms with Crippen LogP contribution >= 0.6 is 22.9 Å². The first-order chi connectivity index (χ1) is 14.4. The number of nitrogens with zero attached hydrogens (tertiary/aromatic N) is 3. The van der Waals surface area contributed by atoms with Crippen LogP contribution in [0.25, 0.3) is 15.9 Å². The molecule has 0 aliphatic carbocycles. The second-order valence-corrected chi connectivity index (χ2v) is 7.76. The number of esters is 1. The maximum Gasteiger partial charge on any atom is 0.348 e. The highest BCUT2D eigenvalue weighted by molar-refractivity contribution is 7.20. The second-order valence-electron chi connectivity index (χ2n) is 6.29. The number of thiophene rings is 1. The van der Waals surface area contributed by atoms with Gasteiger partial charge >= 0.3 is 5.97 Å². The lowest BCUT2D eigenvalue weighted by Crippen LogP contribution is -2.21. The van der Waals surface area contributed by atoms with Crippen LogP contribution in [0.2, 0.25) is 5.02 Å². The van der Waals surface area contributed by atoms with E-state index in [-0.39, 0.29) is 5.82 Å². The minimum absolute atomic E-state index is 0.303. The van der Waals surface area contributed by atoms with Crippen LogP contribution in [-0.4, -0.2) is 33.2 Å². The summed E-state index contributed by atoms with van der Waals surface area (Å²) in [6.07, 6.45) is 1.40. The van der Waals surface area contributed by atoms with Crippen LogP contribution in [0, 0.1) is 12.7 Å². The van der Waals surface area contributed by atoms with Crippen molar-refractivity contribution >= 4 is 50.8 Å². The van der Waals surface area contributed by atoms with E-state index in [0.717, 1.165) is 15.9 Å². The molecule has 1 amide bonds. The van der Waals surface area contributed by atoms with Gasteiger partial charge in [-0.1, -0.05) is 11.6 Å². The Balaban J connectivity index is 1.47. The van der Waals surface area contributed by atoms with Gasteiger partial charge in [-0.05, 0) is 49.4 Å². The lowest BCUT2D eigenvalue weighted by atomic mass is 10.3. The summed E-state index contributed by atoms with van der Waals surface area (Å²) >= 11 is 6.93. The van der Waals surface area contributed by atoms with Gasteiger partial charge in [-0.3, -0.25) is 4.79 Å². The smallest absolute Gasteiger partial charge is 0.348 e. The predicted octanol–water partition coefficient (Wildman–Crippen LogP) is 4.38. The van der Waals surface area contributed by atoms with Gasteiger partial charge in [0.25, 0.3) is 5.91 Å². The Morgan fingerprint density at radius 1 is 1.23 bits per heavy atom. The quantitative estimate of drug-likeness (QED) is 0.462. The Bertz CT molecular complexity index is 1240. The topological polar surface area (TPSA) is 86.1 Å². The third-order valence-corrected chi connectivity index (χ3v) is 5.46.